The Balaban J connectivity index is 1.39. The van der Waals surface area contributed by atoms with Crippen molar-refractivity contribution in [2.75, 3.05) is 32.9 Å². The van der Waals surface area contributed by atoms with Crippen molar-refractivity contribution in [3.05, 3.63) is 60.0 Å². The number of rotatable bonds is 8. The lowest BCUT2D eigenvalue weighted by Crippen LogP contribution is -2.40. The number of hydrogen-bond acceptors (Lipinski definition) is 9. The SMILES string of the molecule is CCOc1ccccc1-c1noc(COC(=O)c2ccc(S(=O)(=O)N3CCOCC3)cc2)n1. The molecule has 2 aromatic carbocycles. The molecule has 0 N–H and O–H groups in total. The minimum atomic E-state index is -3.63. The third-order valence-corrected chi connectivity index (χ3v) is 6.83. The lowest BCUT2D eigenvalue weighted by atomic mass is 10.2. The number of carbonyl (C=O) groups is 1. The molecule has 0 aliphatic carbocycles. The van der Waals surface area contributed by atoms with Gasteiger partial charge in [-0.2, -0.15) is 9.29 Å². The number of para-hydroxylation sites is 1. The number of aromatic nitrogens is 2. The summed E-state index contributed by atoms with van der Waals surface area (Å²) in [6.07, 6.45) is 0. The second kappa shape index (κ2) is 10.1. The smallest absolute Gasteiger partial charge is 0.338 e. The first-order valence-electron chi connectivity index (χ1n) is 10.4. The van der Waals surface area contributed by atoms with Crippen molar-refractivity contribution in [1.82, 2.24) is 14.4 Å². The number of nitrogens with zero attached hydrogens (tertiary/aromatic N) is 3. The van der Waals surface area contributed by atoms with E-state index >= 15 is 0 Å². The van der Waals surface area contributed by atoms with Gasteiger partial charge in [0.1, 0.15) is 5.75 Å². The molecule has 0 bridgehead atoms. The summed E-state index contributed by atoms with van der Waals surface area (Å²) in [5, 5.41) is 3.93. The Labute approximate surface area is 191 Å². The number of sulfonamides is 1. The predicted molar refractivity (Wildman–Crippen MR) is 116 cm³/mol. The second-order valence-corrected chi connectivity index (χ2v) is 9.00. The Kier molecular flexibility index (Phi) is 7.02. The van der Waals surface area contributed by atoms with Crippen LogP contribution in [0.1, 0.15) is 23.2 Å². The van der Waals surface area contributed by atoms with E-state index in [1.165, 1.54) is 28.6 Å². The van der Waals surface area contributed by atoms with Crippen molar-refractivity contribution >= 4 is 16.0 Å². The highest BCUT2D eigenvalue weighted by molar-refractivity contribution is 7.89. The molecular weight excluding hydrogens is 450 g/mol. The van der Waals surface area contributed by atoms with Gasteiger partial charge in [0.2, 0.25) is 15.8 Å². The van der Waals surface area contributed by atoms with E-state index in [1.54, 1.807) is 12.1 Å². The molecule has 4 rings (SSSR count). The van der Waals surface area contributed by atoms with Gasteiger partial charge in [-0.05, 0) is 43.3 Å². The average molecular weight is 474 g/mol. The van der Waals surface area contributed by atoms with Gasteiger partial charge in [0.05, 0.1) is 35.8 Å². The average Bonchev–Trinajstić information content (AvgIpc) is 3.32. The summed E-state index contributed by atoms with van der Waals surface area (Å²) >= 11 is 0. The van der Waals surface area contributed by atoms with Gasteiger partial charge >= 0.3 is 5.97 Å². The zero-order valence-electron chi connectivity index (χ0n) is 18.0. The largest absolute Gasteiger partial charge is 0.493 e. The molecular formula is C22H23N3O7S. The van der Waals surface area contributed by atoms with Crippen LogP contribution in [-0.2, 0) is 26.1 Å². The third-order valence-electron chi connectivity index (χ3n) is 4.92. The van der Waals surface area contributed by atoms with E-state index in [1.807, 2.05) is 19.1 Å². The Hall–Kier alpha value is -3.28. The molecule has 1 aliphatic heterocycles. The zero-order valence-corrected chi connectivity index (χ0v) is 18.8. The lowest BCUT2D eigenvalue weighted by Gasteiger charge is -2.26. The number of carbonyl (C=O) groups excluding carboxylic acids is 1. The van der Waals surface area contributed by atoms with E-state index < -0.39 is 16.0 Å². The minimum absolute atomic E-state index is 0.107. The Morgan fingerprint density at radius 2 is 1.82 bits per heavy atom. The molecule has 1 fully saturated rings. The molecule has 0 unspecified atom stereocenters. The highest BCUT2D eigenvalue weighted by atomic mass is 32.2. The molecule has 3 aromatic rings. The molecule has 33 heavy (non-hydrogen) atoms. The van der Waals surface area contributed by atoms with Crippen LogP contribution < -0.4 is 4.74 Å². The molecule has 1 aromatic heterocycles. The van der Waals surface area contributed by atoms with Crippen LogP contribution in [0, 0.1) is 0 Å². The molecule has 1 saturated heterocycles. The van der Waals surface area contributed by atoms with Crippen molar-refractivity contribution < 1.29 is 31.9 Å². The fraction of sp³-hybridized carbons (Fsp3) is 0.318. The molecule has 0 spiro atoms. The van der Waals surface area contributed by atoms with Crippen molar-refractivity contribution in [2.24, 2.45) is 0 Å². The van der Waals surface area contributed by atoms with Crippen LogP contribution in [-0.4, -0.2) is 61.7 Å². The van der Waals surface area contributed by atoms with Crippen LogP contribution in [0.4, 0.5) is 0 Å². The number of hydrogen-bond donors (Lipinski definition) is 0. The number of morpholine rings is 1. The van der Waals surface area contributed by atoms with Gasteiger partial charge in [-0.1, -0.05) is 17.3 Å². The number of ether oxygens (including phenoxy) is 3. The second-order valence-electron chi connectivity index (χ2n) is 7.06. The zero-order chi connectivity index (χ0) is 23.3. The van der Waals surface area contributed by atoms with Crippen LogP contribution in [0.5, 0.6) is 5.75 Å². The van der Waals surface area contributed by atoms with E-state index in [0.717, 1.165) is 0 Å². The topological polar surface area (TPSA) is 121 Å². The van der Waals surface area contributed by atoms with Gasteiger partial charge in [0.15, 0.2) is 6.61 Å². The lowest BCUT2D eigenvalue weighted by molar-refractivity contribution is 0.0429. The number of esters is 1. The van der Waals surface area contributed by atoms with Gasteiger partial charge < -0.3 is 18.7 Å². The maximum atomic E-state index is 12.7. The predicted octanol–water partition coefficient (Wildman–Crippen LogP) is 2.51. The summed E-state index contributed by atoms with van der Waals surface area (Å²) in [6, 6.07) is 12.9. The summed E-state index contributed by atoms with van der Waals surface area (Å²) < 4.78 is 47.9. The highest BCUT2D eigenvalue weighted by Crippen LogP contribution is 2.27. The third kappa shape index (κ3) is 5.21. The molecule has 0 amide bonds. The van der Waals surface area contributed by atoms with Crippen molar-refractivity contribution in [2.45, 2.75) is 18.4 Å². The van der Waals surface area contributed by atoms with E-state index in [-0.39, 0.29) is 23.0 Å². The highest BCUT2D eigenvalue weighted by Gasteiger charge is 2.26. The number of benzene rings is 2. The van der Waals surface area contributed by atoms with E-state index in [4.69, 9.17) is 18.7 Å². The fourth-order valence-corrected chi connectivity index (χ4v) is 4.67. The molecule has 2 heterocycles. The normalized spacial score (nSPS) is 14.7. The molecule has 0 radical (unpaired) electrons. The minimum Gasteiger partial charge on any atom is -0.493 e. The quantitative estimate of drug-likeness (QED) is 0.454. The Bertz CT molecular complexity index is 1200. The standard InChI is InChI=1S/C22H23N3O7S/c1-2-30-19-6-4-3-5-18(19)21-23-20(32-24-21)15-31-22(26)16-7-9-17(10-8-16)33(27,28)25-11-13-29-14-12-25/h3-10H,2,11-15H2,1H3. The van der Waals surface area contributed by atoms with Gasteiger partial charge in [-0.25, -0.2) is 13.2 Å². The summed E-state index contributed by atoms with van der Waals surface area (Å²) in [6.45, 7) is 3.46. The van der Waals surface area contributed by atoms with Crippen molar-refractivity contribution in [3.8, 4) is 17.1 Å². The molecule has 174 valence electrons. The molecule has 10 nitrogen and oxygen atoms in total. The maximum absolute atomic E-state index is 12.7. The molecule has 0 saturated carbocycles. The van der Waals surface area contributed by atoms with Crippen LogP contribution in [0.2, 0.25) is 0 Å². The van der Waals surface area contributed by atoms with Gasteiger partial charge in [0, 0.05) is 13.1 Å². The van der Waals surface area contributed by atoms with Gasteiger partial charge in [0.25, 0.3) is 5.89 Å². The summed E-state index contributed by atoms with van der Waals surface area (Å²) in [5.74, 6) is 0.426. The summed E-state index contributed by atoms with van der Waals surface area (Å²) in [5.41, 5.74) is 0.870. The van der Waals surface area contributed by atoms with Gasteiger partial charge in [-0.3, -0.25) is 0 Å². The fourth-order valence-electron chi connectivity index (χ4n) is 3.27. The maximum Gasteiger partial charge on any atom is 0.338 e. The van der Waals surface area contributed by atoms with E-state index in [9.17, 15) is 13.2 Å². The van der Waals surface area contributed by atoms with Crippen molar-refractivity contribution in [3.63, 3.8) is 0 Å². The van der Waals surface area contributed by atoms with Crippen LogP contribution in [0.25, 0.3) is 11.4 Å². The van der Waals surface area contributed by atoms with Crippen LogP contribution >= 0.6 is 0 Å². The molecule has 11 heteroatoms. The van der Waals surface area contributed by atoms with Crippen molar-refractivity contribution in [1.29, 1.82) is 0 Å². The summed E-state index contributed by atoms with van der Waals surface area (Å²) in [4.78, 5) is 16.8. The molecule has 0 atom stereocenters. The van der Waals surface area contributed by atoms with E-state index in [2.05, 4.69) is 10.1 Å². The first-order chi connectivity index (χ1) is 16.0. The summed E-state index contributed by atoms with van der Waals surface area (Å²) in [7, 11) is -3.63. The van der Waals surface area contributed by atoms with Gasteiger partial charge in [-0.15, -0.1) is 0 Å². The van der Waals surface area contributed by atoms with Crippen LogP contribution in [0.15, 0.2) is 57.9 Å². The Morgan fingerprint density at radius 3 is 2.55 bits per heavy atom. The van der Waals surface area contributed by atoms with Crippen LogP contribution in [0.3, 0.4) is 0 Å². The molecule has 1 aliphatic rings. The first kappa shape index (κ1) is 22.9. The first-order valence-corrected chi connectivity index (χ1v) is 11.8. The Morgan fingerprint density at radius 1 is 1.09 bits per heavy atom. The van der Waals surface area contributed by atoms with E-state index in [0.29, 0.717) is 50.0 Å². The monoisotopic (exact) mass is 473 g/mol.